The van der Waals surface area contributed by atoms with Crippen molar-refractivity contribution in [2.45, 2.75) is 38.8 Å². The quantitative estimate of drug-likeness (QED) is 0.485. The zero-order valence-electron chi connectivity index (χ0n) is 15.3. The normalized spacial score (nSPS) is 23.6. The van der Waals surface area contributed by atoms with Crippen molar-refractivity contribution in [1.82, 2.24) is 4.90 Å². The zero-order chi connectivity index (χ0) is 19.6. The van der Waals surface area contributed by atoms with E-state index in [0.717, 1.165) is 4.90 Å². The summed E-state index contributed by atoms with van der Waals surface area (Å²) in [5.74, 6) is -2.77. The summed E-state index contributed by atoms with van der Waals surface area (Å²) >= 11 is 0. The standard InChI is InChI=1S/C20H22N2O5/c1-12(22-18(24)15-10-6-7-11-16(15)19(22)25)20(26)27-13(2)17(23)21-14-8-4-3-5-9-14/h3-9,12-13,15-16H,10-11H2,1-2H3,(H,21,23)/t12-,13-,15+,16+/m0/s1. The molecular weight excluding hydrogens is 348 g/mol. The summed E-state index contributed by atoms with van der Waals surface area (Å²) in [6.45, 7) is 2.89. The number of nitrogens with one attached hydrogen (secondary N) is 1. The van der Waals surface area contributed by atoms with Crippen molar-refractivity contribution in [2.75, 3.05) is 5.32 Å². The smallest absolute Gasteiger partial charge is 0.329 e. The highest BCUT2D eigenvalue weighted by molar-refractivity contribution is 6.08. The zero-order valence-corrected chi connectivity index (χ0v) is 15.3. The minimum Gasteiger partial charge on any atom is -0.451 e. The Balaban J connectivity index is 1.61. The number of esters is 1. The van der Waals surface area contributed by atoms with Gasteiger partial charge in [0.05, 0.1) is 11.8 Å². The van der Waals surface area contributed by atoms with Crippen LogP contribution in [0.4, 0.5) is 5.69 Å². The maximum Gasteiger partial charge on any atom is 0.329 e. The molecule has 142 valence electrons. The summed E-state index contributed by atoms with van der Waals surface area (Å²) in [6.07, 6.45) is 3.72. The van der Waals surface area contributed by atoms with Gasteiger partial charge in [-0.15, -0.1) is 0 Å². The van der Waals surface area contributed by atoms with Crippen molar-refractivity contribution in [2.24, 2.45) is 11.8 Å². The van der Waals surface area contributed by atoms with Crippen LogP contribution in [0, 0.1) is 11.8 Å². The van der Waals surface area contributed by atoms with Crippen molar-refractivity contribution < 1.29 is 23.9 Å². The van der Waals surface area contributed by atoms with Gasteiger partial charge in [0, 0.05) is 5.69 Å². The molecule has 4 atom stereocenters. The minimum absolute atomic E-state index is 0.347. The lowest BCUT2D eigenvalue weighted by atomic mass is 9.85. The molecule has 0 spiro atoms. The van der Waals surface area contributed by atoms with Gasteiger partial charge < -0.3 is 10.1 Å². The van der Waals surface area contributed by atoms with Gasteiger partial charge >= 0.3 is 5.97 Å². The van der Waals surface area contributed by atoms with Crippen LogP contribution in [0.25, 0.3) is 0 Å². The van der Waals surface area contributed by atoms with Crippen molar-refractivity contribution >= 4 is 29.4 Å². The Morgan fingerprint density at radius 1 is 1.04 bits per heavy atom. The van der Waals surface area contributed by atoms with Crippen LogP contribution in [0.5, 0.6) is 0 Å². The molecule has 1 fully saturated rings. The van der Waals surface area contributed by atoms with E-state index in [1.165, 1.54) is 13.8 Å². The van der Waals surface area contributed by atoms with E-state index in [-0.39, 0.29) is 11.8 Å². The van der Waals surface area contributed by atoms with Crippen LogP contribution in [-0.4, -0.2) is 40.7 Å². The lowest BCUT2D eigenvalue weighted by molar-refractivity contribution is -0.163. The fourth-order valence-corrected chi connectivity index (χ4v) is 3.40. The fourth-order valence-electron chi connectivity index (χ4n) is 3.40. The van der Waals surface area contributed by atoms with Gasteiger partial charge in [0.2, 0.25) is 11.8 Å². The summed E-state index contributed by atoms with van der Waals surface area (Å²) in [5, 5.41) is 2.64. The molecule has 1 aliphatic heterocycles. The predicted molar refractivity (Wildman–Crippen MR) is 97.3 cm³/mol. The number of amides is 3. The number of ether oxygens (including phenoxy) is 1. The molecule has 1 N–H and O–H groups in total. The van der Waals surface area contributed by atoms with E-state index in [1.54, 1.807) is 24.3 Å². The molecule has 0 aromatic heterocycles. The van der Waals surface area contributed by atoms with Crippen molar-refractivity contribution in [3.05, 3.63) is 42.5 Å². The maximum atomic E-state index is 12.5. The van der Waals surface area contributed by atoms with Gasteiger partial charge in [-0.05, 0) is 38.8 Å². The van der Waals surface area contributed by atoms with Gasteiger partial charge in [-0.2, -0.15) is 0 Å². The van der Waals surface area contributed by atoms with Crippen LogP contribution in [0.1, 0.15) is 26.7 Å². The summed E-state index contributed by atoms with van der Waals surface area (Å²) in [5.41, 5.74) is 0.583. The van der Waals surface area contributed by atoms with Gasteiger partial charge in [-0.3, -0.25) is 19.3 Å². The monoisotopic (exact) mass is 370 g/mol. The Kier molecular flexibility index (Phi) is 5.39. The molecule has 1 aliphatic carbocycles. The number of likely N-dealkylation sites (tertiary alicyclic amines) is 1. The number of fused-ring (bicyclic) bond motifs is 1. The predicted octanol–water partition coefficient (Wildman–Crippen LogP) is 1.90. The molecule has 0 unspecified atom stereocenters. The first-order chi connectivity index (χ1) is 12.9. The average molecular weight is 370 g/mol. The molecule has 3 rings (SSSR count). The van der Waals surface area contributed by atoms with E-state index in [2.05, 4.69) is 5.32 Å². The number of carbonyl (C=O) groups excluding carboxylic acids is 4. The number of carbonyl (C=O) groups is 4. The molecule has 27 heavy (non-hydrogen) atoms. The Hall–Kier alpha value is -2.96. The molecular formula is C20H22N2O5. The number of hydrogen-bond acceptors (Lipinski definition) is 5. The number of nitrogens with zero attached hydrogens (tertiary/aromatic N) is 1. The fraction of sp³-hybridized carbons (Fsp3) is 0.400. The lowest BCUT2D eigenvalue weighted by Gasteiger charge is -2.23. The van der Waals surface area contributed by atoms with Gasteiger partial charge in [-0.1, -0.05) is 30.4 Å². The Labute approximate surface area is 157 Å². The highest BCUT2D eigenvalue weighted by Gasteiger charge is 2.50. The largest absolute Gasteiger partial charge is 0.451 e. The van der Waals surface area contributed by atoms with Gasteiger partial charge in [0.15, 0.2) is 6.10 Å². The first-order valence-corrected chi connectivity index (χ1v) is 8.98. The second-order valence-corrected chi connectivity index (χ2v) is 6.81. The van der Waals surface area contributed by atoms with E-state index < -0.39 is 35.9 Å². The number of hydrogen-bond donors (Lipinski definition) is 1. The molecule has 2 aliphatic rings. The number of benzene rings is 1. The topological polar surface area (TPSA) is 92.8 Å². The maximum absolute atomic E-state index is 12.5. The van der Waals surface area contributed by atoms with Crippen LogP contribution in [0.3, 0.4) is 0 Å². The Bertz CT molecular complexity index is 763. The van der Waals surface area contributed by atoms with Gasteiger partial charge in [0.25, 0.3) is 5.91 Å². The first-order valence-electron chi connectivity index (χ1n) is 8.98. The van der Waals surface area contributed by atoms with Crippen molar-refractivity contribution in [3.63, 3.8) is 0 Å². The molecule has 1 saturated heterocycles. The number of allylic oxidation sites excluding steroid dienone is 2. The summed E-state index contributed by atoms with van der Waals surface area (Å²) in [4.78, 5) is 50.7. The minimum atomic E-state index is -1.07. The third kappa shape index (κ3) is 3.77. The SMILES string of the molecule is C[C@H](OC(=O)[C@H](C)N1C(=O)[C@@H]2CC=CC[C@H]2C1=O)C(=O)Nc1ccccc1. The highest BCUT2D eigenvalue weighted by Crippen LogP contribution is 2.36. The molecule has 7 nitrogen and oxygen atoms in total. The molecule has 0 radical (unpaired) electrons. The van der Waals surface area contributed by atoms with E-state index in [0.29, 0.717) is 18.5 Å². The number of anilines is 1. The van der Waals surface area contributed by atoms with Gasteiger partial charge in [-0.25, -0.2) is 4.79 Å². The second kappa shape index (κ2) is 7.73. The molecule has 1 aromatic carbocycles. The molecule has 1 aromatic rings. The second-order valence-electron chi connectivity index (χ2n) is 6.81. The third-order valence-electron chi connectivity index (χ3n) is 4.97. The van der Waals surface area contributed by atoms with Crippen LogP contribution in [0.15, 0.2) is 42.5 Å². The molecule has 7 heteroatoms. The molecule has 3 amide bonds. The highest BCUT2D eigenvalue weighted by atomic mass is 16.5. The van der Waals surface area contributed by atoms with Crippen molar-refractivity contribution in [1.29, 1.82) is 0 Å². The number of para-hydroxylation sites is 1. The Morgan fingerprint density at radius 2 is 1.59 bits per heavy atom. The van der Waals surface area contributed by atoms with Crippen LogP contribution < -0.4 is 5.32 Å². The van der Waals surface area contributed by atoms with Crippen LogP contribution >= 0.6 is 0 Å². The molecule has 0 saturated carbocycles. The van der Waals surface area contributed by atoms with E-state index in [9.17, 15) is 19.2 Å². The average Bonchev–Trinajstić information content (AvgIpc) is 2.93. The molecule has 0 bridgehead atoms. The summed E-state index contributed by atoms with van der Waals surface area (Å²) < 4.78 is 5.20. The summed E-state index contributed by atoms with van der Waals surface area (Å²) in [6, 6.07) is 7.72. The van der Waals surface area contributed by atoms with E-state index in [1.807, 2.05) is 18.2 Å². The Morgan fingerprint density at radius 3 is 2.15 bits per heavy atom. The van der Waals surface area contributed by atoms with Crippen LogP contribution in [-0.2, 0) is 23.9 Å². The van der Waals surface area contributed by atoms with Gasteiger partial charge in [0.1, 0.15) is 6.04 Å². The number of imide groups is 1. The van der Waals surface area contributed by atoms with E-state index in [4.69, 9.17) is 4.74 Å². The van der Waals surface area contributed by atoms with Crippen molar-refractivity contribution in [3.8, 4) is 0 Å². The number of rotatable bonds is 5. The van der Waals surface area contributed by atoms with Crippen LogP contribution in [0.2, 0.25) is 0 Å². The first kappa shape index (κ1) is 18.8. The summed E-state index contributed by atoms with van der Waals surface area (Å²) in [7, 11) is 0. The molecule has 1 heterocycles. The third-order valence-corrected chi connectivity index (χ3v) is 4.97. The lowest BCUT2D eigenvalue weighted by Crippen LogP contribution is -2.46. The van der Waals surface area contributed by atoms with E-state index >= 15 is 0 Å².